The molecule has 2 aromatic rings. The SMILES string of the molecule is O=C1NC(=O)c2c(NCCN3CCCC3)cc3c4c(ccc1c24)C(=O)N(CCCC1CNCCO1)C3=O. The minimum Gasteiger partial charge on any atom is -0.383 e. The summed E-state index contributed by atoms with van der Waals surface area (Å²) in [7, 11) is 0. The van der Waals surface area contributed by atoms with Crippen molar-refractivity contribution in [1.29, 1.82) is 0 Å². The van der Waals surface area contributed by atoms with E-state index in [9.17, 15) is 19.2 Å². The summed E-state index contributed by atoms with van der Waals surface area (Å²) in [5.74, 6) is -1.84. The number of carbonyl (C=O) groups excluding carboxylic acids is 4. The molecule has 2 fully saturated rings. The lowest BCUT2D eigenvalue weighted by molar-refractivity contribution is 0.0205. The highest BCUT2D eigenvalue weighted by molar-refractivity contribution is 6.34. The van der Waals surface area contributed by atoms with Crippen molar-refractivity contribution in [3.63, 3.8) is 0 Å². The number of amides is 4. The number of hydrogen-bond acceptors (Lipinski definition) is 8. The molecule has 10 heteroatoms. The van der Waals surface area contributed by atoms with Crippen molar-refractivity contribution in [1.82, 2.24) is 20.4 Å². The molecular weight excluding hydrogens is 474 g/mol. The summed E-state index contributed by atoms with van der Waals surface area (Å²) in [5, 5.41) is 9.83. The van der Waals surface area contributed by atoms with E-state index in [0.29, 0.717) is 58.3 Å². The molecule has 0 aromatic heterocycles. The standard InChI is InChI=1S/C27H31N5O5/c33-24-17-5-6-18-21-19(27(36)32(26(18)35)11-3-4-16-15-28-8-13-37-16)14-20(23(22(17)21)25(34)30-24)29-7-12-31-9-1-2-10-31/h5-6,14,16,28-29H,1-4,7-13,15H2,(H,30,33,34). The zero-order valence-corrected chi connectivity index (χ0v) is 20.7. The Morgan fingerprint density at radius 1 is 0.946 bits per heavy atom. The van der Waals surface area contributed by atoms with Crippen LogP contribution < -0.4 is 16.0 Å². The molecule has 0 saturated carbocycles. The molecule has 10 nitrogen and oxygen atoms in total. The van der Waals surface area contributed by atoms with Gasteiger partial charge in [-0.2, -0.15) is 0 Å². The molecule has 2 aromatic carbocycles. The van der Waals surface area contributed by atoms with E-state index in [1.165, 1.54) is 17.7 Å². The fourth-order valence-electron chi connectivity index (χ4n) is 5.93. The predicted molar refractivity (Wildman–Crippen MR) is 137 cm³/mol. The van der Waals surface area contributed by atoms with Gasteiger partial charge >= 0.3 is 0 Å². The van der Waals surface area contributed by atoms with Gasteiger partial charge < -0.3 is 20.3 Å². The van der Waals surface area contributed by atoms with Crippen molar-refractivity contribution in [2.45, 2.75) is 31.8 Å². The third-order valence-corrected chi connectivity index (χ3v) is 7.79. The molecule has 0 spiro atoms. The van der Waals surface area contributed by atoms with Crippen LogP contribution in [0.5, 0.6) is 0 Å². The summed E-state index contributed by atoms with van der Waals surface area (Å²) in [5.41, 5.74) is 1.81. The zero-order valence-electron chi connectivity index (χ0n) is 20.7. The van der Waals surface area contributed by atoms with Crippen molar-refractivity contribution in [2.24, 2.45) is 0 Å². The molecule has 37 heavy (non-hydrogen) atoms. The van der Waals surface area contributed by atoms with Crippen molar-refractivity contribution in [3.05, 3.63) is 40.5 Å². The van der Waals surface area contributed by atoms with E-state index >= 15 is 0 Å². The van der Waals surface area contributed by atoms with E-state index in [1.54, 1.807) is 18.2 Å². The Bertz CT molecular complexity index is 1300. The van der Waals surface area contributed by atoms with Crippen molar-refractivity contribution in [2.75, 3.05) is 57.7 Å². The minimum atomic E-state index is -0.521. The van der Waals surface area contributed by atoms with Crippen molar-refractivity contribution < 1.29 is 23.9 Å². The molecule has 3 N–H and O–H groups in total. The largest absolute Gasteiger partial charge is 0.383 e. The smallest absolute Gasteiger partial charge is 0.261 e. The number of hydrogen-bond donors (Lipinski definition) is 3. The van der Waals surface area contributed by atoms with Crippen LogP contribution >= 0.6 is 0 Å². The molecule has 1 atom stereocenters. The average Bonchev–Trinajstić information content (AvgIpc) is 3.42. The predicted octanol–water partition coefficient (Wildman–Crippen LogP) is 1.60. The van der Waals surface area contributed by atoms with Crippen LogP contribution in [-0.4, -0.2) is 92.0 Å². The molecule has 0 radical (unpaired) electrons. The van der Waals surface area contributed by atoms with Gasteiger partial charge in [-0.15, -0.1) is 0 Å². The quantitative estimate of drug-likeness (QED) is 0.463. The third-order valence-electron chi connectivity index (χ3n) is 7.79. The summed E-state index contributed by atoms with van der Waals surface area (Å²) in [6, 6.07) is 4.85. The van der Waals surface area contributed by atoms with Gasteiger partial charge in [-0.1, -0.05) is 0 Å². The lowest BCUT2D eigenvalue weighted by atomic mass is 9.85. The van der Waals surface area contributed by atoms with Crippen LogP contribution in [0.4, 0.5) is 5.69 Å². The number of anilines is 1. The Labute approximate surface area is 214 Å². The van der Waals surface area contributed by atoms with Gasteiger partial charge in [0.15, 0.2) is 0 Å². The fourth-order valence-corrected chi connectivity index (χ4v) is 5.93. The zero-order chi connectivity index (χ0) is 25.5. The molecule has 4 amide bonds. The Balaban J connectivity index is 1.33. The number of nitrogens with zero attached hydrogens (tertiary/aromatic N) is 2. The maximum atomic E-state index is 13.7. The summed E-state index contributed by atoms with van der Waals surface area (Å²) >= 11 is 0. The highest BCUT2D eigenvalue weighted by Gasteiger charge is 2.38. The Morgan fingerprint density at radius 2 is 1.73 bits per heavy atom. The van der Waals surface area contributed by atoms with Crippen LogP contribution in [0.3, 0.4) is 0 Å². The van der Waals surface area contributed by atoms with Gasteiger partial charge in [0.2, 0.25) is 0 Å². The van der Waals surface area contributed by atoms with Gasteiger partial charge in [-0.05, 0) is 57.0 Å². The first-order valence-corrected chi connectivity index (χ1v) is 13.2. The second-order valence-corrected chi connectivity index (χ2v) is 10.1. The van der Waals surface area contributed by atoms with Gasteiger partial charge in [-0.25, -0.2) is 0 Å². The maximum Gasteiger partial charge on any atom is 0.261 e. The van der Waals surface area contributed by atoms with Gasteiger partial charge in [0, 0.05) is 60.3 Å². The van der Waals surface area contributed by atoms with Crippen LogP contribution in [0, 0.1) is 0 Å². The molecule has 0 aliphatic carbocycles. The van der Waals surface area contributed by atoms with Crippen LogP contribution in [0.15, 0.2) is 18.2 Å². The molecule has 4 heterocycles. The first kappa shape index (κ1) is 24.0. The Kier molecular flexibility index (Phi) is 6.39. The van der Waals surface area contributed by atoms with E-state index in [-0.39, 0.29) is 12.6 Å². The van der Waals surface area contributed by atoms with Crippen LogP contribution in [0.25, 0.3) is 10.8 Å². The van der Waals surface area contributed by atoms with Crippen LogP contribution in [0.1, 0.15) is 67.1 Å². The van der Waals surface area contributed by atoms with Gasteiger partial charge in [-0.3, -0.25) is 29.4 Å². The third kappa shape index (κ3) is 4.28. The number of nitrogens with one attached hydrogen (secondary N) is 3. The van der Waals surface area contributed by atoms with E-state index in [4.69, 9.17) is 4.74 Å². The second kappa shape index (κ2) is 9.85. The highest BCUT2D eigenvalue weighted by Crippen LogP contribution is 2.39. The molecule has 194 valence electrons. The van der Waals surface area contributed by atoms with E-state index in [2.05, 4.69) is 20.9 Å². The molecular formula is C27H31N5O5. The molecule has 2 saturated heterocycles. The molecule has 6 rings (SSSR count). The van der Waals surface area contributed by atoms with Gasteiger partial charge in [0.25, 0.3) is 23.6 Å². The number of rotatable bonds is 8. The lowest BCUT2D eigenvalue weighted by Crippen LogP contribution is -2.43. The van der Waals surface area contributed by atoms with Crippen LogP contribution in [0.2, 0.25) is 0 Å². The molecule has 0 bridgehead atoms. The Morgan fingerprint density at radius 3 is 2.51 bits per heavy atom. The first-order valence-electron chi connectivity index (χ1n) is 13.2. The number of imide groups is 2. The number of carbonyl (C=O) groups is 4. The van der Waals surface area contributed by atoms with Crippen LogP contribution in [-0.2, 0) is 4.74 Å². The second-order valence-electron chi connectivity index (χ2n) is 10.1. The van der Waals surface area contributed by atoms with E-state index < -0.39 is 23.6 Å². The average molecular weight is 506 g/mol. The lowest BCUT2D eigenvalue weighted by Gasteiger charge is -2.31. The molecule has 4 aliphatic heterocycles. The number of likely N-dealkylation sites (tertiary alicyclic amines) is 1. The van der Waals surface area contributed by atoms with Crippen molar-refractivity contribution in [3.8, 4) is 0 Å². The number of benzene rings is 2. The Hall–Kier alpha value is -3.34. The normalized spacial score (nSPS) is 21.6. The molecule has 1 unspecified atom stereocenters. The number of morpholine rings is 1. The monoisotopic (exact) mass is 505 g/mol. The van der Waals surface area contributed by atoms with Crippen molar-refractivity contribution >= 4 is 40.1 Å². The number of ether oxygens (including phenoxy) is 1. The topological polar surface area (TPSA) is 120 Å². The van der Waals surface area contributed by atoms with Gasteiger partial charge in [0.05, 0.1) is 23.8 Å². The summed E-state index contributed by atoms with van der Waals surface area (Å²) < 4.78 is 5.75. The summed E-state index contributed by atoms with van der Waals surface area (Å²) in [4.78, 5) is 56.4. The van der Waals surface area contributed by atoms with E-state index in [1.807, 2.05) is 0 Å². The molecule has 4 aliphatic rings. The van der Waals surface area contributed by atoms with E-state index in [0.717, 1.165) is 39.1 Å². The minimum absolute atomic E-state index is 0.0679. The first-order chi connectivity index (χ1) is 18.0. The summed E-state index contributed by atoms with van der Waals surface area (Å²) in [6.45, 7) is 6.05. The maximum absolute atomic E-state index is 13.7. The summed E-state index contributed by atoms with van der Waals surface area (Å²) in [6.07, 6.45) is 3.80. The highest BCUT2D eigenvalue weighted by atomic mass is 16.5. The fraction of sp³-hybridized carbons (Fsp3) is 0.481. The van der Waals surface area contributed by atoms with Gasteiger partial charge in [0.1, 0.15) is 0 Å².